The SMILES string of the molecule is COC(=O)c1ccc2oc3c(OC)ccc(C(=O)O)c3c2c1. The van der Waals surface area contributed by atoms with E-state index in [0.29, 0.717) is 33.3 Å². The number of carboxylic acid groups (broad SMARTS) is 1. The molecule has 3 aromatic rings. The van der Waals surface area contributed by atoms with Gasteiger partial charge in [0, 0.05) is 10.8 Å². The minimum Gasteiger partial charge on any atom is -0.493 e. The largest absolute Gasteiger partial charge is 0.493 e. The quantitative estimate of drug-likeness (QED) is 0.748. The van der Waals surface area contributed by atoms with Crippen LogP contribution in [-0.2, 0) is 4.74 Å². The van der Waals surface area contributed by atoms with E-state index in [1.54, 1.807) is 18.2 Å². The first-order chi connectivity index (χ1) is 10.6. The van der Waals surface area contributed by atoms with Crippen LogP contribution in [0, 0.1) is 0 Å². The molecule has 0 aliphatic rings. The fourth-order valence-electron chi connectivity index (χ4n) is 2.44. The van der Waals surface area contributed by atoms with E-state index >= 15 is 0 Å². The lowest BCUT2D eigenvalue weighted by atomic mass is 10.0. The molecule has 0 saturated carbocycles. The monoisotopic (exact) mass is 300 g/mol. The molecule has 0 bridgehead atoms. The van der Waals surface area contributed by atoms with E-state index in [1.807, 2.05) is 0 Å². The molecule has 6 heteroatoms. The Morgan fingerprint density at radius 2 is 1.91 bits per heavy atom. The molecular formula is C16H12O6. The number of fused-ring (bicyclic) bond motifs is 3. The van der Waals surface area contributed by atoms with Gasteiger partial charge in [-0.1, -0.05) is 0 Å². The van der Waals surface area contributed by atoms with Gasteiger partial charge in [0.1, 0.15) is 5.58 Å². The highest BCUT2D eigenvalue weighted by Gasteiger charge is 2.20. The number of methoxy groups -OCH3 is 2. The summed E-state index contributed by atoms with van der Waals surface area (Å²) in [5.74, 6) is -1.16. The number of furan rings is 1. The molecule has 6 nitrogen and oxygen atoms in total. The summed E-state index contributed by atoms with van der Waals surface area (Å²) in [4.78, 5) is 23.1. The Balaban J connectivity index is 2.44. The summed E-state index contributed by atoms with van der Waals surface area (Å²) in [5, 5.41) is 10.3. The van der Waals surface area contributed by atoms with Crippen molar-refractivity contribution in [1.82, 2.24) is 0 Å². The number of hydrogen-bond donors (Lipinski definition) is 1. The molecule has 22 heavy (non-hydrogen) atoms. The Hall–Kier alpha value is -3.02. The number of ether oxygens (including phenoxy) is 2. The normalized spacial score (nSPS) is 10.8. The average Bonchev–Trinajstić information content (AvgIpc) is 2.91. The zero-order chi connectivity index (χ0) is 15.9. The third kappa shape index (κ3) is 1.96. The maximum Gasteiger partial charge on any atom is 0.337 e. The number of carbonyl (C=O) groups is 2. The van der Waals surface area contributed by atoms with Crippen LogP contribution in [0.25, 0.3) is 21.9 Å². The van der Waals surface area contributed by atoms with Crippen LogP contribution in [0.2, 0.25) is 0 Å². The maximum atomic E-state index is 11.7. The highest BCUT2D eigenvalue weighted by Crippen LogP contribution is 2.37. The first-order valence-corrected chi connectivity index (χ1v) is 6.41. The fraction of sp³-hybridized carbons (Fsp3) is 0.125. The van der Waals surface area contributed by atoms with E-state index in [2.05, 4.69) is 4.74 Å². The van der Waals surface area contributed by atoms with Crippen LogP contribution < -0.4 is 4.74 Å². The van der Waals surface area contributed by atoms with Crippen LogP contribution in [0.1, 0.15) is 20.7 Å². The minimum absolute atomic E-state index is 0.0802. The zero-order valence-electron chi connectivity index (χ0n) is 11.9. The topological polar surface area (TPSA) is 86.0 Å². The van der Waals surface area contributed by atoms with Gasteiger partial charge >= 0.3 is 11.9 Å². The second kappa shape index (κ2) is 5.07. The lowest BCUT2D eigenvalue weighted by molar-refractivity contribution is 0.0600. The van der Waals surface area contributed by atoms with Gasteiger partial charge in [0.25, 0.3) is 0 Å². The van der Waals surface area contributed by atoms with Crippen LogP contribution in [-0.4, -0.2) is 31.3 Å². The Kier molecular flexibility index (Phi) is 3.21. The van der Waals surface area contributed by atoms with Gasteiger partial charge in [-0.3, -0.25) is 0 Å². The zero-order valence-corrected chi connectivity index (χ0v) is 11.9. The van der Waals surface area contributed by atoms with Gasteiger partial charge in [-0.05, 0) is 30.3 Å². The molecule has 112 valence electrons. The molecule has 1 N–H and O–H groups in total. The second-order valence-corrected chi connectivity index (χ2v) is 4.63. The molecule has 0 spiro atoms. The lowest BCUT2D eigenvalue weighted by Gasteiger charge is -2.03. The van der Waals surface area contributed by atoms with Crippen LogP contribution in [0.15, 0.2) is 34.7 Å². The first kappa shape index (κ1) is 13.9. The molecule has 0 saturated heterocycles. The van der Waals surface area contributed by atoms with Crippen molar-refractivity contribution >= 4 is 33.9 Å². The van der Waals surface area contributed by atoms with Crippen molar-refractivity contribution in [3.8, 4) is 5.75 Å². The maximum absolute atomic E-state index is 11.7. The highest BCUT2D eigenvalue weighted by molar-refractivity contribution is 6.17. The number of carbonyl (C=O) groups excluding carboxylic acids is 1. The summed E-state index contributed by atoms with van der Waals surface area (Å²) in [6.07, 6.45) is 0. The van der Waals surface area contributed by atoms with Crippen molar-refractivity contribution in [2.75, 3.05) is 14.2 Å². The van der Waals surface area contributed by atoms with Crippen LogP contribution in [0.3, 0.4) is 0 Å². The Morgan fingerprint density at radius 1 is 1.14 bits per heavy atom. The number of benzene rings is 2. The van der Waals surface area contributed by atoms with E-state index in [-0.39, 0.29) is 5.56 Å². The van der Waals surface area contributed by atoms with Gasteiger partial charge in [0.2, 0.25) is 0 Å². The number of aromatic carboxylic acids is 1. The van der Waals surface area contributed by atoms with Crippen molar-refractivity contribution < 1.29 is 28.6 Å². The van der Waals surface area contributed by atoms with E-state index in [1.165, 1.54) is 26.4 Å². The molecule has 1 heterocycles. The van der Waals surface area contributed by atoms with Crippen molar-refractivity contribution in [1.29, 1.82) is 0 Å². The van der Waals surface area contributed by atoms with Gasteiger partial charge in [0.05, 0.1) is 25.3 Å². The lowest BCUT2D eigenvalue weighted by Crippen LogP contribution is -2.00. The standard InChI is InChI=1S/C16H12O6/c1-20-12-6-4-9(15(17)18)13-10-7-8(16(19)21-2)3-5-11(10)22-14(12)13/h3-7H,1-2H3,(H,17,18). The Labute approximate surface area is 124 Å². The predicted octanol–water partition coefficient (Wildman–Crippen LogP) is 3.08. The number of carboxylic acids is 1. The van der Waals surface area contributed by atoms with Gasteiger partial charge in [-0.25, -0.2) is 9.59 Å². The van der Waals surface area contributed by atoms with Crippen molar-refractivity contribution in [3.05, 3.63) is 41.5 Å². The highest BCUT2D eigenvalue weighted by atomic mass is 16.5. The molecule has 0 amide bonds. The van der Waals surface area contributed by atoms with Gasteiger partial charge in [-0.15, -0.1) is 0 Å². The summed E-state index contributed by atoms with van der Waals surface area (Å²) < 4.78 is 15.6. The summed E-state index contributed by atoms with van der Waals surface area (Å²) in [7, 11) is 2.76. The molecule has 0 unspecified atom stereocenters. The van der Waals surface area contributed by atoms with Gasteiger partial charge < -0.3 is 19.0 Å². The summed E-state index contributed by atoms with van der Waals surface area (Å²) in [6, 6.07) is 7.70. The van der Waals surface area contributed by atoms with E-state index in [9.17, 15) is 14.7 Å². The van der Waals surface area contributed by atoms with Crippen LogP contribution in [0.4, 0.5) is 0 Å². The third-order valence-corrected chi connectivity index (χ3v) is 3.45. The van der Waals surface area contributed by atoms with Crippen molar-refractivity contribution in [3.63, 3.8) is 0 Å². The summed E-state index contributed by atoms with van der Waals surface area (Å²) >= 11 is 0. The Morgan fingerprint density at radius 3 is 2.55 bits per heavy atom. The Bertz CT molecular complexity index is 906. The number of hydrogen-bond acceptors (Lipinski definition) is 5. The molecular weight excluding hydrogens is 288 g/mol. The summed E-state index contributed by atoms with van der Waals surface area (Å²) in [6.45, 7) is 0. The first-order valence-electron chi connectivity index (χ1n) is 6.41. The third-order valence-electron chi connectivity index (χ3n) is 3.45. The smallest absolute Gasteiger partial charge is 0.337 e. The van der Waals surface area contributed by atoms with E-state index < -0.39 is 11.9 Å². The summed E-state index contributed by atoms with van der Waals surface area (Å²) in [5.41, 5.74) is 1.20. The molecule has 0 radical (unpaired) electrons. The molecule has 0 aliphatic carbocycles. The van der Waals surface area contributed by atoms with Gasteiger partial charge in [-0.2, -0.15) is 0 Å². The second-order valence-electron chi connectivity index (χ2n) is 4.63. The predicted molar refractivity (Wildman–Crippen MR) is 78.6 cm³/mol. The average molecular weight is 300 g/mol. The number of rotatable bonds is 3. The molecule has 3 rings (SSSR count). The molecule has 0 atom stereocenters. The molecule has 2 aromatic carbocycles. The van der Waals surface area contributed by atoms with Crippen molar-refractivity contribution in [2.24, 2.45) is 0 Å². The molecule has 0 aliphatic heterocycles. The van der Waals surface area contributed by atoms with E-state index in [0.717, 1.165) is 0 Å². The fourth-order valence-corrected chi connectivity index (χ4v) is 2.44. The van der Waals surface area contributed by atoms with Crippen LogP contribution in [0.5, 0.6) is 5.75 Å². The van der Waals surface area contributed by atoms with Crippen LogP contribution >= 0.6 is 0 Å². The minimum atomic E-state index is -1.08. The van der Waals surface area contributed by atoms with E-state index in [4.69, 9.17) is 9.15 Å². The molecule has 0 fully saturated rings. The molecule has 1 aromatic heterocycles. The van der Waals surface area contributed by atoms with Gasteiger partial charge in [0.15, 0.2) is 11.3 Å². The van der Waals surface area contributed by atoms with Crippen molar-refractivity contribution in [2.45, 2.75) is 0 Å². The number of esters is 1.